The number of amides is 2. The highest BCUT2D eigenvalue weighted by atomic mass is 16.5. The Balaban J connectivity index is 1.70. The maximum absolute atomic E-state index is 11.9. The average molecular weight is 284 g/mol. The van der Waals surface area contributed by atoms with Crippen LogP contribution >= 0.6 is 0 Å². The predicted octanol–water partition coefficient (Wildman–Crippen LogP) is 1.80. The Hall–Kier alpha value is -0.810. The molecule has 0 aromatic carbocycles. The molecule has 0 aromatic heterocycles. The Morgan fingerprint density at radius 2 is 1.70 bits per heavy atom. The molecule has 3 N–H and O–H groups in total. The van der Waals surface area contributed by atoms with Crippen LogP contribution in [0.25, 0.3) is 0 Å². The van der Waals surface area contributed by atoms with Crippen molar-refractivity contribution in [3.05, 3.63) is 0 Å². The molecule has 2 fully saturated rings. The lowest BCUT2D eigenvalue weighted by Gasteiger charge is -2.32. The van der Waals surface area contributed by atoms with Crippen LogP contribution in [0.5, 0.6) is 0 Å². The smallest absolute Gasteiger partial charge is 0.314 e. The van der Waals surface area contributed by atoms with Gasteiger partial charge in [-0.1, -0.05) is 19.8 Å². The van der Waals surface area contributed by atoms with Crippen LogP contribution in [-0.4, -0.2) is 43.0 Å². The monoisotopic (exact) mass is 284 g/mol. The Morgan fingerprint density at radius 1 is 1.10 bits per heavy atom. The average Bonchev–Trinajstić information content (AvgIpc) is 2.93. The van der Waals surface area contributed by atoms with Gasteiger partial charge >= 0.3 is 6.03 Å². The first-order chi connectivity index (χ1) is 9.58. The molecule has 20 heavy (non-hydrogen) atoms. The number of hydrogen-bond acceptors (Lipinski definition) is 3. The fourth-order valence-corrected chi connectivity index (χ4v) is 3.28. The lowest BCUT2D eigenvalue weighted by Crippen LogP contribution is -2.50. The van der Waals surface area contributed by atoms with Crippen molar-refractivity contribution in [2.75, 3.05) is 26.3 Å². The largest absolute Gasteiger partial charge is 0.388 e. The lowest BCUT2D eigenvalue weighted by atomic mass is 9.83. The van der Waals surface area contributed by atoms with Gasteiger partial charge in [0.2, 0.25) is 0 Å². The Bertz CT molecular complexity index is 321. The minimum absolute atomic E-state index is 0.162. The van der Waals surface area contributed by atoms with E-state index >= 15 is 0 Å². The van der Waals surface area contributed by atoms with Crippen molar-refractivity contribution in [2.45, 2.75) is 57.5 Å². The molecule has 2 amide bonds. The van der Waals surface area contributed by atoms with Gasteiger partial charge in [0.25, 0.3) is 0 Å². The molecular formula is C15H28N2O3. The molecule has 1 saturated carbocycles. The number of urea groups is 1. The minimum atomic E-state index is -0.800. The van der Waals surface area contributed by atoms with Crippen molar-refractivity contribution in [2.24, 2.45) is 5.41 Å². The van der Waals surface area contributed by atoms with Crippen LogP contribution < -0.4 is 10.6 Å². The summed E-state index contributed by atoms with van der Waals surface area (Å²) in [6.07, 6.45) is 7.27. The number of hydrogen-bond donors (Lipinski definition) is 3. The number of aliphatic hydroxyl groups is 1. The number of nitrogens with one attached hydrogen (secondary N) is 2. The predicted molar refractivity (Wildman–Crippen MR) is 77.6 cm³/mol. The summed E-state index contributed by atoms with van der Waals surface area (Å²) in [5.41, 5.74) is -0.502. The third-order valence-corrected chi connectivity index (χ3v) is 5.04. The fourth-order valence-electron chi connectivity index (χ4n) is 3.28. The second-order valence-electron chi connectivity index (χ2n) is 6.43. The van der Waals surface area contributed by atoms with Gasteiger partial charge in [0.05, 0.1) is 5.60 Å². The van der Waals surface area contributed by atoms with Crippen LogP contribution in [-0.2, 0) is 4.74 Å². The van der Waals surface area contributed by atoms with E-state index < -0.39 is 5.60 Å². The SMILES string of the molecule is CCC1(CNC(=O)NCC2(O)CCOCC2)CCCC1. The zero-order valence-electron chi connectivity index (χ0n) is 12.5. The Morgan fingerprint density at radius 3 is 2.30 bits per heavy atom. The summed E-state index contributed by atoms with van der Waals surface area (Å²) in [6.45, 7) is 4.39. The first kappa shape index (κ1) is 15.6. The van der Waals surface area contributed by atoms with Gasteiger partial charge in [0.15, 0.2) is 0 Å². The highest BCUT2D eigenvalue weighted by Gasteiger charge is 2.33. The highest BCUT2D eigenvalue weighted by Crippen LogP contribution is 2.40. The lowest BCUT2D eigenvalue weighted by molar-refractivity contribution is -0.0600. The molecule has 5 nitrogen and oxygen atoms in total. The van der Waals surface area contributed by atoms with E-state index in [-0.39, 0.29) is 6.03 Å². The minimum Gasteiger partial charge on any atom is -0.388 e. The molecule has 116 valence electrons. The van der Waals surface area contributed by atoms with Gasteiger partial charge in [-0.05, 0) is 24.7 Å². The zero-order valence-corrected chi connectivity index (χ0v) is 12.5. The maximum Gasteiger partial charge on any atom is 0.314 e. The maximum atomic E-state index is 11.9. The van der Waals surface area contributed by atoms with Crippen molar-refractivity contribution in [3.8, 4) is 0 Å². The summed E-state index contributed by atoms with van der Waals surface area (Å²) in [7, 11) is 0. The molecule has 2 rings (SSSR count). The molecule has 0 spiro atoms. The summed E-state index contributed by atoms with van der Waals surface area (Å²) >= 11 is 0. The fraction of sp³-hybridized carbons (Fsp3) is 0.933. The van der Waals surface area contributed by atoms with Crippen molar-refractivity contribution in [3.63, 3.8) is 0 Å². The first-order valence-corrected chi connectivity index (χ1v) is 7.89. The number of carbonyl (C=O) groups is 1. The van der Waals surface area contributed by atoms with Crippen molar-refractivity contribution in [1.29, 1.82) is 0 Å². The van der Waals surface area contributed by atoms with Crippen LogP contribution in [0.1, 0.15) is 51.9 Å². The van der Waals surface area contributed by atoms with Gasteiger partial charge in [0.1, 0.15) is 0 Å². The molecular weight excluding hydrogens is 256 g/mol. The van der Waals surface area contributed by atoms with Crippen molar-refractivity contribution < 1.29 is 14.6 Å². The van der Waals surface area contributed by atoms with Gasteiger partial charge in [-0.15, -0.1) is 0 Å². The van der Waals surface area contributed by atoms with Gasteiger partial charge < -0.3 is 20.5 Å². The van der Waals surface area contributed by atoms with Gasteiger partial charge in [-0.2, -0.15) is 0 Å². The second-order valence-corrected chi connectivity index (χ2v) is 6.43. The van der Waals surface area contributed by atoms with Crippen LogP contribution in [0.2, 0.25) is 0 Å². The third kappa shape index (κ3) is 4.09. The summed E-state index contributed by atoms with van der Waals surface area (Å²) < 4.78 is 5.23. The molecule has 2 aliphatic rings. The summed E-state index contributed by atoms with van der Waals surface area (Å²) in [5, 5.41) is 16.1. The number of ether oxygens (including phenoxy) is 1. The van der Waals surface area contributed by atoms with Crippen molar-refractivity contribution in [1.82, 2.24) is 10.6 Å². The summed E-state index contributed by atoms with van der Waals surface area (Å²) in [5.74, 6) is 0. The Labute approximate surface area is 121 Å². The topological polar surface area (TPSA) is 70.6 Å². The first-order valence-electron chi connectivity index (χ1n) is 7.89. The van der Waals surface area contributed by atoms with Crippen LogP contribution in [0.15, 0.2) is 0 Å². The van der Waals surface area contributed by atoms with Gasteiger partial charge in [-0.3, -0.25) is 0 Å². The van der Waals surface area contributed by atoms with E-state index in [1.54, 1.807) is 0 Å². The highest BCUT2D eigenvalue weighted by molar-refractivity contribution is 5.73. The third-order valence-electron chi connectivity index (χ3n) is 5.04. The molecule has 0 radical (unpaired) electrons. The van der Waals surface area contributed by atoms with Crippen LogP contribution in [0.3, 0.4) is 0 Å². The quantitative estimate of drug-likeness (QED) is 0.721. The second kappa shape index (κ2) is 6.76. The summed E-state index contributed by atoms with van der Waals surface area (Å²) in [6, 6.07) is -0.162. The van der Waals surface area contributed by atoms with Gasteiger partial charge in [-0.25, -0.2) is 4.79 Å². The van der Waals surface area contributed by atoms with E-state index in [4.69, 9.17) is 4.74 Å². The molecule has 0 bridgehead atoms. The molecule has 1 aliphatic carbocycles. The Kier molecular flexibility index (Phi) is 5.27. The molecule has 1 saturated heterocycles. The molecule has 1 heterocycles. The standard InChI is InChI=1S/C15H28N2O3/c1-2-14(5-3-4-6-14)11-16-13(18)17-12-15(19)7-9-20-10-8-15/h19H,2-12H2,1H3,(H2,16,17,18). The molecule has 5 heteroatoms. The van der Waals surface area contributed by atoms with E-state index in [9.17, 15) is 9.90 Å². The van der Waals surface area contributed by atoms with Crippen molar-refractivity contribution >= 4 is 6.03 Å². The molecule has 1 aliphatic heterocycles. The van der Waals surface area contributed by atoms with E-state index in [0.717, 1.165) is 13.0 Å². The molecule has 0 atom stereocenters. The van der Waals surface area contributed by atoms with E-state index in [1.165, 1.54) is 25.7 Å². The van der Waals surface area contributed by atoms with Crippen LogP contribution in [0.4, 0.5) is 4.79 Å². The van der Waals surface area contributed by atoms with Gasteiger partial charge in [0, 0.05) is 39.1 Å². The van der Waals surface area contributed by atoms with E-state index in [1.807, 2.05) is 0 Å². The van der Waals surface area contributed by atoms with E-state index in [2.05, 4.69) is 17.6 Å². The van der Waals surface area contributed by atoms with E-state index in [0.29, 0.717) is 38.0 Å². The number of carbonyl (C=O) groups excluding carboxylic acids is 1. The van der Waals surface area contributed by atoms with Crippen LogP contribution in [0, 0.1) is 5.41 Å². The molecule has 0 aromatic rings. The normalized spacial score (nSPS) is 24.3. The zero-order chi connectivity index (χ0) is 14.5. The summed E-state index contributed by atoms with van der Waals surface area (Å²) in [4.78, 5) is 11.9. The number of rotatable bonds is 5. The molecule has 0 unspecified atom stereocenters.